The van der Waals surface area contributed by atoms with Crippen LogP contribution in [0.2, 0.25) is 0 Å². The van der Waals surface area contributed by atoms with Crippen LogP contribution in [0.25, 0.3) is 0 Å². The Balaban J connectivity index is 1.70. The minimum absolute atomic E-state index is 0.280. The van der Waals surface area contributed by atoms with Gasteiger partial charge in [-0.25, -0.2) is 0 Å². The van der Waals surface area contributed by atoms with Crippen LogP contribution in [0, 0.1) is 11.3 Å². The fourth-order valence-electron chi connectivity index (χ4n) is 4.67. The molecule has 3 saturated carbocycles. The molecule has 1 spiro atoms. The first-order valence-electron chi connectivity index (χ1n) is 8.57. The third-order valence-electron chi connectivity index (χ3n) is 6.16. The SMILES string of the molecule is CCO[C@@H]1C[C@H](N(C)C(=O)C2CCC2)C12CCCCC2. The van der Waals surface area contributed by atoms with Crippen LogP contribution in [0.1, 0.15) is 64.7 Å². The molecule has 3 rings (SSSR count). The number of nitrogens with zero attached hydrogens (tertiary/aromatic N) is 1. The molecule has 114 valence electrons. The van der Waals surface area contributed by atoms with Gasteiger partial charge in [0, 0.05) is 31.0 Å². The van der Waals surface area contributed by atoms with Crippen LogP contribution in [0.3, 0.4) is 0 Å². The molecule has 3 aliphatic carbocycles. The second kappa shape index (κ2) is 5.67. The summed E-state index contributed by atoms with van der Waals surface area (Å²) in [5.74, 6) is 0.730. The molecule has 0 bridgehead atoms. The number of carbonyl (C=O) groups is 1. The average Bonchev–Trinajstić information content (AvgIpc) is 2.41. The Labute approximate surface area is 123 Å². The Morgan fingerprint density at radius 2 is 1.90 bits per heavy atom. The van der Waals surface area contributed by atoms with Crippen molar-refractivity contribution in [3.63, 3.8) is 0 Å². The van der Waals surface area contributed by atoms with Crippen molar-refractivity contribution >= 4 is 5.91 Å². The van der Waals surface area contributed by atoms with E-state index in [-0.39, 0.29) is 5.41 Å². The molecule has 0 saturated heterocycles. The van der Waals surface area contributed by atoms with Gasteiger partial charge in [0.25, 0.3) is 0 Å². The quantitative estimate of drug-likeness (QED) is 0.789. The molecular formula is C17H29NO2. The summed E-state index contributed by atoms with van der Waals surface area (Å²) in [4.78, 5) is 14.6. The van der Waals surface area contributed by atoms with E-state index in [4.69, 9.17) is 4.74 Å². The predicted octanol–water partition coefficient (Wildman–Crippen LogP) is 3.37. The van der Waals surface area contributed by atoms with Crippen molar-refractivity contribution in [3.8, 4) is 0 Å². The van der Waals surface area contributed by atoms with Crippen molar-refractivity contribution in [2.24, 2.45) is 11.3 Å². The van der Waals surface area contributed by atoms with Gasteiger partial charge in [-0.2, -0.15) is 0 Å². The van der Waals surface area contributed by atoms with E-state index in [1.165, 1.54) is 38.5 Å². The summed E-state index contributed by atoms with van der Waals surface area (Å²) >= 11 is 0. The molecular weight excluding hydrogens is 250 g/mol. The second-order valence-corrected chi connectivity index (χ2v) is 7.07. The van der Waals surface area contributed by atoms with Crippen LogP contribution in [-0.2, 0) is 9.53 Å². The first-order valence-corrected chi connectivity index (χ1v) is 8.57. The van der Waals surface area contributed by atoms with E-state index in [0.717, 1.165) is 25.9 Å². The normalized spacial score (nSPS) is 32.5. The maximum Gasteiger partial charge on any atom is 0.225 e. The van der Waals surface area contributed by atoms with E-state index in [0.29, 0.717) is 24.0 Å². The maximum atomic E-state index is 12.5. The lowest BCUT2D eigenvalue weighted by atomic mass is 9.54. The Morgan fingerprint density at radius 1 is 1.20 bits per heavy atom. The number of rotatable bonds is 4. The van der Waals surface area contributed by atoms with Crippen molar-refractivity contribution in [3.05, 3.63) is 0 Å². The summed E-state index contributed by atoms with van der Waals surface area (Å²) in [6.45, 7) is 2.90. The van der Waals surface area contributed by atoms with E-state index in [1.54, 1.807) is 0 Å². The highest BCUT2D eigenvalue weighted by atomic mass is 16.5. The fraction of sp³-hybridized carbons (Fsp3) is 0.941. The van der Waals surface area contributed by atoms with Gasteiger partial charge in [0.05, 0.1) is 6.10 Å². The standard InChI is InChI=1S/C17H29NO2/c1-3-20-15-12-14(17(15)10-5-4-6-11-17)18(2)16(19)13-8-7-9-13/h13-15H,3-12H2,1-2H3/t14-,15+/m0/s1. The molecule has 0 aliphatic heterocycles. The molecule has 0 aromatic heterocycles. The molecule has 3 fully saturated rings. The number of hydrogen-bond donors (Lipinski definition) is 0. The summed E-state index contributed by atoms with van der Waals surface area (Å²) in [6.07, 6.45) is 11.4. The Hall–Kier alpha value is -0.570. The third kappa shape index (κ3) is 2.18. The van der Waals surface area contributed by atoms with E-state index in [9.17, 15) is 4.79 Å². The van der Waals surface area contributed by atoms with Crippen LogP contribution < -0.4 is 0 Å². The molecule has 0 aromatic rings. The summed E-state index contributed by atoms with van der Waals surface area (Å²) < 4.78 is 5.99. The van der Waals surface area contributed by atoms with Crippen molar-refractivity contribution in [1.29, 1.82) is 0 Å². The lowest BCUT2D eigenvalue weighted by molar-refractivity contribution is -0.188. The fourth-order valence-corrected chi connectivity index (χ4v) is 4.67. The topological polar surface area (TPSA) is 29.5 Å². The average molecular weight is 279 g/mol. The Morgan fingerprint density at radius 3 is 2.45 bits per heavy atom. The van der Waals surface area contributed by atoms with Gasteiger partial charge in [-0.1, -0.05) is 25.7 Å². The highest BCUT2D eigenvalue weighted by Gasteiger charge is 2.58. The summed E-state index contributed by atoms with van der Waals surface area (Å²) in [6, 6.07) is 0.437. The summed E-state index contributed by atoms with van der Waals surface area (Å²) in [7, 11) is 2.05. The largest absolute Gasteiger partial charge is 0.378 e. The zero-order valence-corrected chi connectivity index (χ0v) is 13.1. The molecule has 2 atom stereocenters. The van der Waals surface area contributed by atoms with Crippen LogP contribution >= 0.6 is 0 Å². The first-order chi connectivity index (χ1) is 9.69. The zero-order chi connectivity index (χ0) is 14.2. The van der Waals surface area contributed by atoms with Crippen molar-refractivity contribution in [2.45, 2.75) is 76.9 Å². The number of ether oxygens (including phenoxy) is 1. The van der Waals surface area contributed by atoms with Gasteiger partial charge in [0.1, 0.15) is 0 Å². The summed E-state index contributed by atoms with van der Waals surface area (Å²) in [5.41, 5.74) is 0.280. The highest BCUT2D eigenvalue weighted by Crippen LogP contribution is 2.55. The van der Waals surface area contributed by atoms with E-state index in [2.05, 4.69) is 11.8 Å². The highest BCUT2D eigenvalue weighted by molar-refractivity contribution is 5.80. The molecule has 0 heterocycles. The molecule has 20 heavy (non-hydrogen) atoms. The zero-order valence-electron chi connectivity index (χ0n) is 13.1. The van der Waals surface area contributed by atoms with Gasteiger partial charge >= 0.3 is 0 Å². The first kappa shape index (κ1) is 14.4. The third-order valence-corrected chi connectivity index (χ3v) is 6.16. The van der Waals surface area contributed by atoms with E-state index < -0.39 is 0 Å². The molecule has 3 heteroatoms. The number of carbonyl (C=O) groups excluding carboxylic acids is 1. The van der Waals surface area contributed by atoms with Crippen LogP contribution in [0.4, 0.5) is 0 Å². The lowest BCUT2D eigenvalue weighted by Crippen LogP contribution is -2.66. The molecule has 0 radical (unpaired) electrons. The molecule has 0 aromatic carbocycles. The monoisotopic (exact) mass is 279 g/mol. The van der Waals surface area contributed by atoms with Gasteiger partial charge in [-0.05, 0) is 39.0 Å². The van der Waals surface area contributed by atoms with Gasteiger partial charge in [-0.3, -0.25) is 4.79 Å². The van der Waals surface area contributed by atoms with Gasteiger partial charge in [-0.15, -0.1) is 0 Å². The van der Waals surface area contributed by atoms with Crippen molar-refractivity contribution in [2.75, 3.05) is 13.7 Å². The molecule has 3 aliphatic rings. The Kier molecular flexibility index (Phi) is 4.07. The number of amides is 1. The predicted molar refractivity (Wildman–Crippen MR) is 79.4 cm³/mol. The van der Waals surface area contributed by atoms with Gasteiger partial charge < -0.3 is 9.64 Å². The molecule has 1 amide bonds. The van der Waals surface area contributed by atoms with Gasteiger partial charge in [0.2, 0.25) is 5.91 Å². The van der Waals surface area contributed by atoms with Crippen molar-refractivity contribution in [1.82, 2.24) is 4.90 Å². The van der Waals surface area contributed by atoms with E-state index in [1.807, 2.05) is 7.05 Å². The molecule has 0 N–H and O–H groups in total. The van der Waals surface area contributed by atoms with Crippen molar-refractivity contribution < 1.29 is 9.53 Å². The molecule has 0 unspecified atom stereocenters. The molecule has 3 nitrogen and oxygen atoms in total. The Bertz CT molecular complexity index is 358. The van der Waals surface area contributed by atoms with Crippen LogP contribution in [0.5, 0.6) is 0 Å². The minimum atomic E-state index is 0.280. The number of hydrogen-bond acceptors (Lipinski definition) is 2. The van der Waals surface area contributed by atoms with E-state index >= 15 is 0 Å². The second-order valence-electron chi connectivity index (χ2n) is 7.07. The smallest absolute Gasteiger partial charge is 0.225 e. The lowest BCUT2D eigenvalue weighted by Gasteiger charge is -2.60. The minimum Gasteiger partial charge on any atom is -0.378 e. The van der Waals surface area contributed by atoms with Crippen LogP contribution in [-0.4, -0.2) is 36.6 Å². The summed E-state index contributed by atoms with van der Waals surface area (Å²) in [5, 5.41) is 0. The van der Waals surface area contributed by atoms with Crippen LogP contribution in [0.15, 0.2) is 0 Å². The maximum absolute atomic E-state index is 12.5. The van der Waals surface area contributed by atoms with Gasteiger partial charge in [0.15, 0.2) is 0 Å².